The van der Waals surface area contributed by atoms with Crippen molar-refractivity contribution in [2.24, 2.45) is 0 Å². The molecule has 1 aromatic heterocycles. The highest BCUT2D eigenvalue weighted by molar-refractivity contribution is 14.1. The number of rotatable bonds is 1. The van der Waals surface area contributed by atoms with Crippen LogP contribution in [0.25, 0.3) is 11.0 Å². The molecule has 4 nitrogen and oxygen atoms in total. The molecule has 0 saturated carbocycles. The number of fused-ring (bicyclic) bond motifs is 1. The van der Waals surface area contributed by atoms with Crippen molar-refractivity contribution in [3.8, 4) is 0 Å². The predicted octanol–water partition coefficient (Wildman–Crippen LogP) is 2.74. The maximum atomic E-state index is 11.7. The van der Waals surface area contributed by atoms with E-state index in [0.29, 0.717) is 20.6 Å². The molecule has 6 heteroatoms. The van der Waals surface area contributed by atoms with Crippen molar-refractivity contribution in [1.29, 1.82) is 0 Å². The van der Waals surface area contributed by atoms with Crippen LogP contribution >= 0.6 is 38.5 Å². The molecule has 2 rings (SSSR count). The third-order valence-corrected chi connectivity index (χ3v) is 3.66. The minimum atomic E-state index is -0.167. The highest BCUT2D eigenvalue weighted by Crippen LogP contribution is 2.32. The fourth-order valence-corrected chi connectivity index (χ4v) is 2.56. The van der Waals surface area contributed by atoms with Crippen LogP contribution in [0.2, 0.25) is 0 Å². The summed E-state index contributed by atoms with van der Waals surface area (Å²) in [5, 5.41) is 3.34. The molecule has 0 bridgehead atoms. The van der Waals surface area contributed by atoms with Gasteiger partial charge in [-0.3, -0.25) is 4.79 Å². The Morgan fingerprint density at radius 2 is 2.25 bits per heavy atom. The molecule has 1 aromatic carbocycles. The van der Waals surface area contributed by atoms with E-state index in [1.54, 1.807) is 19.2 Å². The molecule has 0 aliphatic heterocycles. The van der Waals surface area contributed by atoms with E-state index in [9.17, 15) is 4.79 Å². The third-order valence-electron chi connectivity index (χ3n) is 2.22. The van der Waals surface area contributed by atoms with Gasteiger partial charge in [-0.2, -0.15) is 0 Å². The number of nitrogens with two attached hydrogens (primary N) is 1. The number of halogens is 2. The smallest absolute Gasteiger partial charge is 0.256 e. The number of carbonyl (C=O) groups is 1. The molecule has 16 heavy (non-hydrogen) atoms. The first-order valence-corrected chi connectivity index (χ1v) is 6.31. The Hall–Kier alpha value is -0.760. The molecule has 1 heterocycles. The lowest BCUT2D eigenvalue weighted by atomic mass is 10.1. The largest absolute Gasteiger partial charge is 0.449 e. The number of hydrogen-bond donors (Lipinski definition) is 2. The SMILES string of the molecule is CNC(=O)c1c(I)oc2cc(N)c(Br)cc12. The minimum Gasteiger partial charge on any atom is -0.449 e. The van der Waals surface area contributed by atoms with E-state index >= 15 is 0 Å². The van der Waals surface area contributed by atoms with Crippen molar-refractivity contribution >= 4 is 61.1 Å². The molecule has 2 aromatic rings. The van der Waals surface area contributed by atoms with Crippen LogP contribution in [0.15, 0.2) is 21.0 Å². The molecule has 0 atom stereocenters. The van der Waals surface area contributed by atoms with Gasteiger partial charge in [-0.15, -0.1) is 0 Å². The van der Waals surface area contributed by atoms with Gasteiger partial charge in [0, 0.05) is 51.3 Å². The highest BCUT2D eigenvalue weighted by atomic mass is 127. The quantitative estimate of drug-likeness (QED) is 0.577. The van der Waals surface area contributed by atoms with Crippen LogP contribution in [0, 0.1) is 3.77 Å². The summed E-state index contributed by atoms with van der Waals surface area (Å²) in [4.78, 5) is 11.7. The Bertz CT molecular complexity index is 580. The zero-order valence-corrected chi connectivity index (χ0v) is 12.0. The first-order valence-electron chi connectivity index (χ1n) is 4.43. The number of nitrogens with one attached hydrogen (secondary N) is 1. The van der Waals surface area contributed by atoms with Gasteiger partial charge in [0.1, 0.15) is 5.58 Å². The molecule has 0 saturated heterocycles. The second-order valence-electron chi connectivity index (χ2n) is 3.20. The van der Waals surface area contributed by atoms with Gasteiger partial charge in [0.25, 0.3) is 5.91 Å². The average molecular weight is 395 g/mol. The number of furan rings is 1. The van der Waals surface area contributed by atoms with Crippen LogP contribution in [0.3, 0.4) is 0 Å². The molecule has 84 valence electrons. The number of nitrogen functional groups attached to an aromatic ring is 1. The molecule has 0 spiro atoms. The summed E-state index contributed by atoms with van der Waals surface area (Å²) in [6, 6.07) is 3.49. The van der Waals surface area contributed by atoms with Crippen LogP contribution in [0.5, 0.6) is 0 Å². The van der Waals surface area contributed by atoms with Crippen LogP contribution in [0.1, 0.15) is 10.4 Å². The lowest BCUT2D eigenvalue weighted by Gasteiger charge is -1.99. The summed E-state index contributed by atoms with van der Waals surface area (Å²) in [5.74, 6) is -0.167. The van der Waals surface area contributed by atoms with E-state index in [0.717, 1.165) is 9.86 Å². The van der Waals surface area contributed by atoms with Crippen LogP contribution in [-0.4, -0.2) is 13.0 Å². The summed E-state index contributed by atoms with van der Waals surface area (Å²) >= 11 is 5.32. The molecule has 0 aliphatic rings. The number of amides is 1. The minimum absolute atomic E-state index is 0.167. The van der Waals surface area contributed by atoms with Crippen LogP contribution < -0.4 is 11.1 Å². The van der Waals surface area contributed by atoms with E-state index in [4.69, 9.17) is 10.2 Å². The fourth-order valence-electron chi connectivity index (χ4n) is 1.44. The summed E-state index contributed by atoms with van der Waals surface area (Å²) in [6.45, 7) is 0. The average Bonchev–Trinajstić information content (AvgIpc) is 2.54. The number of hydrogen-bond acceptors (Lipinski definition) is 3. The topological polar surface area (TPSA) is 68.3 Å². The number of carbonyl (C=O) groups excluding carboxylic acids is 1. The van der Waals surface area contributed by atoms with Gasteiger partial charge in [-0.1, -0.05) is 0 Å². The van der Waals surface area contributed by atoms with E-state index in [2.05, 4.69) is 21.2 Å². The molecule has 0 fully saturated rings. The molecule has 0 radical (unpaired) electrons. The monoisotopic (exact) mass is 394 g/mol. The molecular formula is C10H8BrIN2O2. The van der Waals surface area contributed by atoms with Gasteiger partial charge in [-0.05, 0) is 22.0 Å². The second-order valence-corrected chi connectivity index (χ2v) is 5.03. The van der Waals surface area contributed by atoms with Crippen molar-refractivity contribution < 1.29 is 9.21 Å². The van der Waals surface area contributed by atoms with Crippen LogP contribution in [-0.2, 0) is 0 Å². The summed E-state index contributed by atoms with van der Waals surface area (Å²) in [5.41, 5.74) is 7.48. The lowest BCUT2D eigenvalue weighted by Crippen LogP contribution is -2.18. The molecule has 1 amide bonds. The number of anilines is 1. The van der Waals surface area contributed by atoms with E-state index < -0.39 is 0 Å². The van der Waals surface area contributed by atoms with Crippen molar-refractivity contribution in [2.75, 3.05) is 12.8 Å². The van der Waals surface area contributed by atoms with Gasteiger partial charge in [0.2, 0.25) is 0 Å². The fraction of sp³-hybridized carbons (Fsp3) is 0.100. The standard InChI is InChI=1S/C10H8BrIN2O2/c1-14-10(15)8-4-2-5(11)6(13)3-7(4)16-9(8)12/h2-3H,13H2,1H3,(H,14,15). The Balaban J connectivity index is 2.79. The second kappa shape index (κ2) is 4.25. The summed E-state index contributed by atoms with van der Waals surface area (Å²) in [7, 11) is 1.59. The Labute approximate surface area is 114 Å². The summed E-state index contributed by atoms with van der Waals surface area (Å²) < 4.78 is 6.79. The first kappa shape index (κ1) is 11.7. The van der Waals surface area contributed by atoms with E-state index in [1.165, 1.54) is 0 Å². The lowest BCUT2D eigenvalue weighted by molar-refractivity contribution is 0.0962. The van der Waals surface area contributed by atoms with Gasteiger partial charge in [0.05, 0.1) is 5.56 Å². The summed E-state index contributed by atoms with van der Waals surface area (Å²) in [6.07, 6.45) is 0. The maximum Gasteiger partial charge on any atom is 0.256 e. The van der Waals surface area contributed by atoms with E-state index in [-0.39, 0.29) is 5.91 Å². The normalized spacial score (nSPS) is 10.7. The maximum absolute atomic E-state index is 11.7. The molecule has 0 unspecified atom stereocenters. The Kier molecular flexibility index (Phi) is 3.11. The zero-order chi connectivity index (χ0) is 11.9. The number of benzene rings is 1. The van der Waals surface area contributed by atoms with Gasteiger partial charge >= 0.3 is 0 Å². The highest BCUT2D eigenvalue weighted by Gasteiger charge is 2.19. The Morgan fingerprint density at radius 3 is 2.88 bits per heavy atom. The molecule has 3 N–H and O–H groups in total. The van der Waals surface area contributed by atoms with Crippen molar-refractivity contribution in [2.45, 2.75) is 0 Å². The van der Waals surface area contributed by atoms with Crippen molar-refractivity contribution in [3.63, 3.8) is 0 Å². The zero-order valence-electron chi connectivity index (χ0n) is 8.30. The first-order chi connectivity index (χ1) is 7.54. The third kappa shape index (κ3) is 1.80. The Morgan fingerprint density at radius 1 is 1.56 bits per heavy atom. The van der Waals surface area contributed by atoms with Gasteiger partial charge in [0.15, 0.2) is 3.77 Å². The van der Waals surface area contributed by atoms with Crippen molar-refractivity contribution in [1.82, 2.24) is 5.32 Å². The predicted molar refractivity (Wildman–Crippen MR) is 74.4 cm³/mol. The van der Waals surface area contributed by atoms with Gasteiger partial charge in [-0.25, -0.2) is 0 Å². The van der Waals surface area contributed by atoms with E-state index in [1.807, 2.05) is 22.6 Å². The molecular weight excluding hydrogens is 387 g/mol. The van der Waals surface area contributed by atoms with Crippen molar-refractivity contribution in [3.05, 3.63) is 25.9 Å². The van der Waals surface area contributed by atoms with Crippen LogP contribution in [0.4, 0.5) is 5.69 Å². The van der Waals surface area contributed by atoms with Gasteiger partial charge < -0.3 is 15.5 Å². The molecule has 0 aliphatic carbocycles.